The molecule has 25 heavy (non-hydrogen) atoms. The highest BCUT2D eigenvalue weighted by Gasteiger charge is 2.37. The number of aromatic nitrogens is 2. The lowest BCUT2D eigenvalue weighted by atomic mass is 10.0. The number of amides is 1. The molecule has 1 N–H and O–H groups in total. The zero-order valence-electron chi connectivity index (χ0n) is 13.0. The molecular weight excluding hydrogens is 331 g/mol. The van der Waals surface area contributed by atoms with Crippen molar-refractivity contribution in [1.82, 2.24) is 15.3 Å². The maximum absolute atomic E-state index is 13.5. The molecule has 1 aromatic carbocycles. The van der Waals surface area contributed by atoms with Gasteiger partial charge in [-0.25, -0.2) is 0 Å². The highest BCUT2D eigenvalue weighted by molar-refractivity contribution is 6.00. The van der Waals surface area contributed by atoms with Gasteiger partial charge in [0.15, 0.2) is 0 Å². The van der Waals surface area contributed by atoms with Crippen LogP contribution in [0.25, 0.3) is 10.9 Å². The summed E-state index contributed by atoms with van der Waals surface area (Å²) in [6.07, 6.45) is 0.0639. The van der Waals surface area contributed by atoms with Crippen LogP contribution >= 0.6 is 0 Å². The lowest BCUT2D eigenvalue weighted by Crippen LogP contribution is -2.28. The van der Waals surface area contributed by atoms with Gasteiger partial charge in [-0.1, -0.05) is 24.3 Å². The Bertz CT molecular complexity index is 895. The van der Waals surface area contributed by atoms with E-state index in [4.69, 9.17) is 0 Å². The number of para-hydroxylation sites is 1. The Morgan fingerprint density at radius 3 is 2.60 bits per heavy atom. The molecule has 0 bridgehead atoms. The fraction of sp³-hybridized carbons (Fsp3) is 0.167. The quantitative estimate of drug-likeness (QED) is 0.786. The molecule has 0 atom stereocenters. The predicted octanol–water partition coefficient (Wildman–Crippen LogP) is 3.62. The average molecular weight is 345 g/mol. The third-order valence-electron chi connectivity index (χ3n) is 3.73. The summed E-state index contributed by atoms with van der Waals surface area (Å²) < 4.78 is 40.5. The molecule has 0 saturated carbocycles. The highest BCUT2D eigenvalue weighted by atomic mass is 19.4. The van der Waals surface area contributed by atoms with E-state index in [0.717, 1.165) is 11.8 Å². The average Bonchev–Trinajstić information content (AvgIpc) is 2.60. The number of fused-ring (bicyclic) bond motifs is 1. The molecule has 3 aromatic rings. The number of carbonyl (C=O) groups excluding carboxylic acids is 1. The first kappa shape index (κ1) is 16.9. The van der Waals surface area contributed by atoms with Crippen molar-refractivity contribution < 1.29 is 18.0 Å². The molecule has 128 valence electrons. The van der Waals surface area contributed by atoms with Crippen LogP contribution in [0.2, 0.25) is 0 Å². The van der Waals surface area contributed by atoms with E-state index < -0.39 is 23.2 Å². The van der Waals surface area contributed by atoms with Crippen molar-refractivity contribution in [3.63, 3.8) is 0 Å². The summed E-state index contributed by atoms with van der Waals surface area (Å²) >= 11 is 0. The van der Waals surface area contributed by atoms with E-state index in [2.05, 4.69) is 15.3 Å². The Morgan fingerprint density at radius 1 is 1.08 bits per heavy atom. The van der Waals surface area contributed by atoms with Gasteiger partial charge < -0.3 is 5.32 Å². The Kier molecular flexibility index (Phi) is 4.65. The van der Waals surface area contributed by atoms with E-state index in [-0.39, 0.29) is 17.4 Å². The van der Waals surface area contributed by atoms with Crippen molar-refractivity contribution in [3.05, 3.63) is 71.7 Å². The third-order valence-corrected chi connectivity index (χ3v) is 3.73. The van der Waals surface area contributed by atoms with Crippen LogP contribution < -0.4 is 5.32 Å². The topological polar surface area (TPSA) is 54.9 Å². The van der Waals surface area contributed by atoms with Crippen LogP contribution in [0.5, 0.6) is 0 Å². The van der Waals surface area contributed by atoms with Gasteiger partial charge in [0.1, 0.15) is 0 Å². The molecule has 1 amide bonds. The second-order valence-corrected chi connectivity index (χ2v) is 5.43. The molecule has 0 unspecified atom stereocenters. The fourth-order valence-corrected chi connectivity index (χ4v) is 2.58. The molecule has 0 spiro atoms. The first-order valence-corrected chi connectivity index (χ1v) is 7.59. The van der Waals surface area contributed by atoms with Gasteiger partial charge >= 0.3 is 6.18 Å². The predicted molar refractivity (Wildman–Crippen MR) is 87.0 cm³/mol. The molecule has 7 heteroatoms. The molecule has 3 rings (SSSR count). The SMILES string of the molecule is O=C(NCCc1cccnc1)c1cnc2ccccc2c1C(F)(F)F. The summed E-state index contributed by atoms with van der Waals surface area (Å²) in [5.74, 6) is -0.797. The highest BCUT2D eigenvalue weighted by Crippen LogP contribution is 2.36. The lowest BCUT2D eigenvalue weighted by Gasteiger charge is -2.15. The van der Waals surface area contributed by atoms with Crippen LogP contribution in [0.4, 0.5) is 13.2 Å². The summed E-state index contributed by atoms with van der Waals surface area (Å²) in [7, 11) is 0. The smallest absolute Gasteiger partial charge is 0.352 e. The van der Waals surface area contributed by atoms with Gasteiger partial charge in [0.2, 0.25) is 0 Å². The molecule has 0 radical (unpaired) electrons. The first-order chi connectivity index (χ1) is 12.0. The van der Waals surface area contributed by atoms with Crippen molar-refractivity contribution in [2.24, 2.45) is 0 Å². The minimum absolute atomic E-state index is 0.0880. The first-order valence-electron chi connectivity index (χ1n) is 7.59. The van der Waals surface area contributed by atoms with Crippen LogP contribution in [-0.2, 0) is 12.6 Å². The summed E-state index contributed by atoms with van der Waals surface area (Å²) in [5, 5.41) is 2.43. The van der Waals surface area contributed by atoms with Crippen molar-refractivity contribution in [1.29, 1.82) is 0 Å². The lowest BCUT2D eigenvalue weighted by molar-refractivity contribution is -0.136. The van der Waals surface area contributed by atoms with Crippen molar-refractivity contribution >= 4 is 16.8 Å². The van der Waals surface area contributed by atoms with Gasteiger partial charge in [-0.05, 0) is 24.1 Å². The maximum atomic E-state index is 13.5. The van der Waals surface area contributed by atoms with E-state index in [0.29, 0.717) is 6.42 Å². The van der Waals surface area contributed by atoms with E-state index in [1.807, 2.05) is 6.07 Å². The fourth-order valence-electron chi connectivity index (χ4n) is 2.58. The van der Waals surface area contributed by atoms with E-state index in [9.17, 15) is 18.0 Å². The number of nitrogens with one attached hydrogen (secondary N) is 1. The van der Waals surface area contributed by atoms with Crippen molar-refractivity contribution in [2.45, 2.75) is 12.6 Å². The molecule has 4 nitrogen and oxygen atoms in total. The monoisotopic (exact) mass is 345 g/mol. The maximum Gasteiger partial charge on any atom is 0.417 e. The molecule has 0 aliphatic rings. The normalized spacial score (nSPS) is 11.5. The molecule has 2 aromatic heterocycles. The van der Waals surface area contributed by atoms with Gasteiger partial charge in [-0.3, -0.25) is 14.8 Å². The van der Waals surface area contributed by atoms with Crippen LogP contribution in [-0.4, -0.2) is 22.4 Å². The molecule has 2 heterocycles. The minimum atomic E-state index is -4.65. The van der Waals surface area contributed by atoms with Gasteiger partial charge in [0, 0.05) is 30.5 Å². The second kappa shape index (κ2) is 6.88. The van der Waals surface area contributed by atoms with E-state index in [1.54, 1.807) is 24.5 Å². The van der Waals surface area contributed by atoms with Gasteiger partial charge in [0.05, 0.1) is 16.6 Å². The zero-order chi connectivity index (χ0) is 17.9. The summed E-state index contributed by atoms with van der Waals surface area (Å²) in [6.45, 7) is 0.203. The largest absolute Gasteiger partial charge is 0.417 e. The van der Waals surface area contributed by atoms with Gasteiger partial charge in [0.25, 0.3) is 5.91 Å². The molecular formula is C18H14F3N3O. The van der Waals surface area contributed by atoms with Crippen LogP contribution in [0.1, 0.15) is 21.5 Å². The number of rotatable bonds is 4. The Hall–Kier alpha value is -2.96. The number of hydrogen-bond donors (Lipinski definition) is 1. The summed E-state index contributed by atoms with van der Waals surface area (Å²) in [6, 6.07) is 9.47. The second-order valence-electron chi connectivity index (χ2n) is 5.43. The summed E-state index contributed by atoms with van der Waals surface area (Å²) in [5.41, 5.74) is -0.355. The number of benzene rings is 1. The Balaban J connectivity index is 1.86. The number of alkyl halides is 3. The molecule has 0 aliphatic carbocycles. The third kappa shape index (κ3) is 3.76. The van der Waals surface area contributed by atoms with Crippen molar-refractivity contribution in [3.8, 4) is 0 Å². The Labute approximate surface area is 141 Å². The van der Waals surface area contributed by atoms with Crippen LogP contribution in [0.3, 0.4) is 0 Å². The van der Waals surface area contributed by atoms with Crippen LogP contribution in [0, 0.1) is 0 Å². The Morgan fingerprint density at radius 2 is 1.88 bits per heavy atom. The van der Waals surface area contributed by atoms with E-state index in [1.165, 1.54) is 18.2 Å². The zero-order valence-corrected chi connectivity index (χ0v) is 13.0. The summed E-state index contributed by atoms with van der Waals surface area (Å²) in [4.78, 5) is 20.2. The minimum Gasteiger partial charge on any atom is -0.352 e. The molecule has 0 saturated heterocycles. The van der Waals surface area contributed by atoms with Gasteiger partial charge in [-0.2, -0.15) is 13.2 Å². The number of pyridine rings is 2. The van der Waals surface area contributed by atoms with Crippen LogP contribution in [0.15, 0.2) is 55.0 Å². The van der Waals surface area contributed by atoms with Gasteiger partial charge in [-0.15, -0.1) is 0 Å². The number of hydrogen-bond acceptors (Lipinski definition) is 3. The molecule has 0 fully saturated rings. The standard InChI is InChI=1S/C18H14F3N3O/c19-18(20,21)16-13-5-1-2-6-15(13)24-11-14(16)17(25)23-9-7-12-4-3-8-22-10-12/h1-6,8,10-11H,7,9H2,(H,23,25). The number of halogens is 3. The molecule has 0 aliphatic heterocycles. The number of nitrogens with zero attached hydrogens (tertiary/aromatic N) is 2. The number of carbonyl (C=O) groups is 1. The van der Waals surface area contributed by atoms with E-state index >= 15 is 0 Å². The van der Waals surface area contributed by atoms with Crippen molar-refractivity contribution in [2.75, 3.05) is 6.54 Å².